The lowest BCUT2D eigenvalue weighted by Gasteiger charge is -2.51. The summed E-state index contributed by atoms with van der Waals surface area (Å²) in [7, 11) is 0. The number of halogens is 1. The molecule has 2 bridgehead atoms. The highest BCUT2D eigenvalue weighted by Crippen LogP contribution is 2.51. The Labute approximate surface area is 181 Å². The lowest BCUT2D eigenvalue weighted by molar-refractivity contribution is -0.260. The minimum atomic E-state index is -0.564. The van der Waals surface area contributed by atoms with Crippen molar-refractivity contribution < 1.29 is 24.3 Å². The molecular formula is C21H34INO5. The first-order chi connectivity index (χ1) is 12.7. The number of ether oxygens (including phenoxy) is 2. The predicted octanol–water partition coefficient (Wildman–Crippen LogP) is 4.11. The van der Waals surface area contributed by atoms with E-state index >= 15 is 0 Å². The molecule has 4 atom stereocenters. The number of esters is 2. The Balaban J connectivity index is 1.63. The van der Waals surface area contributed by atoms with Crippen LogP contribution in [0.15, 0.2) is 0 Å². The molecular weight excluding hydrogens is 473 g/mol. The maximum atomic E-state index is 13.0. The molecule has 0 aromatic rings. The lowest BCUT2D eigenvalue weighted by Crippen LogP contribution is -2.60. The van der Waals surface area contributed by atoms with Crippen LogP contribution in [0.4, 0.5) is 0 Å². The van der Waals surface area contributed by atoms with Crippen LogP contribution in [-0.4, -0.2) is 48.9 Å². The third-order valence-corrected chi connectivity index (χ3v) is 7.12. The van der Waals surface area contributed by atoms with Gasteiger partial charge in [0.2, 0.25) is 0 Å². The summed E-state index contributed by atoms with van der Waals surface area (Å²) in [5.41, 5.74) is -0.906. The molecule has 4 unspecified atom stereocenters. The number of carbonyl (C=O) groups is 2. The Kier molecular flexibility index (Phi) is 5.87. The van der Waals surface area contributed by atoms with Crippen LogP contribution < -0.4 is 0 Å². The Morgan fingerprint density at radius 3 is 2.11 bits per heavy atom. The Hall–Kier alpha value is -0.410. The van der Waals surface area contributed by atoms with Gasteiger partial charge in [-0.25, -0.2) is 0 Å². The van der Waals surface area contributed by atoms with Crippen LogP contribution >= 0.6 is 22.6 Å². The topological polar surface area (TPSA) is 76.1 Å². The second kappa shape index (κ2) is 7.38. The second-order valence-electron chi connectivity index (χ2n) is 10.7. The zero-order chi connectivity index (χ0) is 21.1. The third-order valence-electron chi connectivity index (χ3n) is 6.68. The fourth-order valence-corrected chi connectivity index (χ4v) is 5.61. The maximum Gasteiger partial charge on any atom is 0.321 e. The molecule has 7 heteroatoms. The van der Waals surface area contributed by atoms with Crippen LogP contribution in [0.1, 0.15) is 73.6 Å². The van der Waals surface area contributed by atoms with Gasteiger partial charge in [0.1, 0.15) is 15.6 Å². The molecule has 3 fully saturated rings. The first-order valence-corrected chi connectivity index (χ1v) is 11.4. The van der Waals surface area contributed by atoms with Crippen molar-refractivity contribution in [3.63, 3.8) is 0 Å². The van der Waals surface area contributed by atoms with Gasteiger partial charge in [0.25, 0.3) is 0 Å². The Morgan fingerprint density at radius 2 is 1.61 bits per heavy atom. The third kappa shape index (κ3) is 4.36. The van der Waals surface area contributed by atoms with E-state index in [0.29, 0.717) is 18.8 Å². The van der Waals surface area contributed by atoms with Crippen molar-refractivity contribution in [1.82, 2.24) is 5.06 Å². The van der Waals surface area contributed by atoms with Gasteiger partial charge in [-0.1, -0.05) is 22.6 Å². The predicted molar refractivity (Wildman–Crippen MR) is 113 cm³/mol. The zero-order valence-electron chi connectivity index (χ0n) is 17.8. The summed E-state index contributed by atoms with van der Waals surface area (Å²) >= 11 is 2.09. The summed E-state index contributed by atoms with van der Waals surface area (Å²) in [6.07, 6.45) is 3.43. The largest absolute Gasteiger partial charge is 0.462 e. The van der Waals surface area contributed by atoms with Crippen LogP contribution in [0.3, 0.4) is 0 Å². The number of hydrogen-bond donors (Lipinski definition) is 1. The highest BCUT2D eigenvalue weighted by molar-refractivity contribution is 14.1. The standard InChI is InChI=1S/C21H34INO5/c1-19(2)10-13(11-20(3,4)23(19)26)27-17(24)15-8-12-7-14(15)16(9-12)28-18(25)21(5,6)22/h12-16,26H,7-11H2,1-6H3. The average Bonchev–Trinajstić information content (AvgIpc) is 3.11. The van der Waals surface area contributed by atoms with E-state index in [-0.39, 0.29) is 36.0 Å². The molecule has 1 heterocycles. The molecule has 2 aliphatic carbocycles. The smallest absolute Gasteiger partial charge is 0.321 e. The van der Waals surface area contributed by atoms with Gasteiger partial charge < -0.3 is 14.7 Å². The van der Waals surface area contributed by atoms with Gasteiger partial charge in [-0.15, -0.1) is 0 Å². The average molecular weight is 507 g/mol. The molecule has 0 amide bonds. The van der Waals surface area contributed by atoms with E-state index in [1.54, 1.807) is 0 Å². The van der Waals surface area contributed by atoms with Crippen molar-refractivity contribution in [2.24, 2.45) is 17.8 Å². The van der Waals surface area contributed by atoms with Gasteiger partial charge in [-0.3, -0.25) is 9.59 Å². The van der Waals surface area contributed by atoms with Crippen LogP contribution in [0.2, 0.25) is 0 Å². The highest BCUT2D eigenvalue weighted by Gasteiger charge is 2.53. The van der Waals surface area contributed by atoms with Crippen molar-refractivity contribution in [1.29, 1.82) is 0 Å². The number of nitrogens with zero attached hydrogens (tertiary/aromatic N) is 1. The van der Waals surface area contributed by atoms with E-state index in [1.807, 2.05) is 41.5 Å². The van der Waals surface area contributed by atoms with E-state index in [4.69, 9.17) is 9.47 Å². The maximum absolute atomic E-state index is 13.0. The minimum Gasteiger partial charge on any atom is -0.462 e. The van der Waals surface area contributed by atoms with Crippen LogP contribution in [0.25, 0.3) is 0 Å². The number of alkyl halides is 1. The minimum absolute atomic E-state index is 0.0687. The normalized spacial score (nSPS) is 35.0. The molecule has 28 heavy (non-hydrogen) atoms. The van der Waals surface area contributed by atoms with E-state index in [0.717, 1.165) is 19.3 Å². The summed E-state index contributed by atoms with van der Waals surface area (Å²) in [5, 5.41) is 11.8. The van der Waals surface area contributed by atoms with Crippen LogP contribution in [0.5, 0.6) is 0 Å². The number of piperidine rings is 1. The first kappa shape index (κ1) is 22.3. The number of hydroxylamine groups is 2. The van der Waals surface area contributed by atoms with Crippen LogP contribution in [-0.2, 0) is 19.1 Å². The van der Waals surface area contributed by atoms with E-state index in [2.05, 4.69) is 22.6 Å². The van der Waals surface area contributed by atoms with Crippen molar-refractivity contribution >= 4 is 34.5 Å². The molecule has 3 aliphatic rings. The van der Waals surface area contributed by atoms with Crippen LogP contribution in [0, 0.1) is 17.8 Å². The molecule has 160 valence electrons. The van der Waals surface area contributed by atoms with Crippen molar-refractivity contribution in [2.45, 2.75) is 100 Å². The number of fused-ring (bicyclic) bond motifs is 2. The van der Waals surface area contributed by atoms with Crippen molar-refractivity contribution in [3.8, 4) is 0 Å². The summed E-state index contributed by atoms with van der Waals surface area (Å²) in [4.78, 5) is 25.3. The monoisotopic (exact) mass is 507 g/mol. The molecule has 0 radical (unpaired) electrons. The van der Waals surface area contributed by atoms with E-state index in [9.17, 15) is 14.8 Å². The van der Waals surface area contributed by atoms with Gasteiger partial charge in [0.15, 0.2) is 0 Å². The lowest BCUT2D eigenvalue weighted by atomic mass is 9.80. The summed E-state index contributed by atoms with van der Waals surface area (Å²) in [6, 6.07) is 0. The summed E-state index contributed by atoms with van der Waals surface area (Å²) < 4.78 is 11.2. The van der Waals surface area contributed by atoms with Gasteiger partial charge in [0, 0.05) is 29.8 Å². The Bertz CT molecular complexity index is 623. The zero-order valence-corrected chi connectivity index (χ0v) is 20.0. The van der Waals surface area contributed by atoms with Crippen molar-refractivity contribution in [2.75, 3.05) is 0 Å². The van der Waals surface area contributed by atoms with E-state index in [1.165, 1.54) is 5.06 Å². The fourth-order valence-electron chi connectivity index (χ4n) is 5.48. The first-order valence-electron chi connectivity index (χ1n) is 10.3. The van der Waals surface area contributed by atoms with Gasteiger partial charge in [-0.2, -0.15) is 5.06 Å². The summed E-state index contributed by atoms with van der Waals surface area (Å²) in [5.74, 6) is -0.0576. The second-order valence-corrected chi connectivity index (χ2v) is 13.4. The molecule has 0 aromatic heterocycles. The number of rotatable bonds is 4. The molecule has 1 saturated heterocycles. The molecule has 2 saturated carbocycles. The molecule has 1 aliphatic heterocycles. The summed E-state index contributed by atoms with van der Waals surface area (Å²) in [6.45, 7) is 11.5. The molecule has 0 spiro atoms. The Morgan fingerprint density at radius 1 is 1.04 bits per heavy atom. The van der Waals surface area contributed by atoms with Crippen molar-refractivity contribution in [3.05, 3.63) is 0 Å². The van der Waals surface area contributed by atoms with Gasteiger partial charge in [0.05, 0.1) is 5.92 Å². The quantitative estimate of drug-likeness (QED) is 0.351. The molecule has 1 N–H and O–H groups in total. The van der Waals surface area contributed by atoms with Gasteiger partial charge in [-0.05, 0) is 66.7 Å². The number of carbonyl (C=O) groups excluding carboxylic acids is 2. The number of hydrogen-bond acceptors (Lipinski definition) is 6. The molecule has 0 aromatic carbocycles. The van der Waals surface area contributed by atoms with E-state index < -0.39 is 14.5 Å². The molecule has 3 rings (SSSR count). The SMILES string of the molecule is CC(C)(I)C(=O)OC1CC2CC(C(=O)OC3CC(C)(C)N(O)C(C)(C)C3)C1C2. The van der Waals surface area contributed by atoms with Gasteiger partial charge >= 0.3 is 11.9 Å². The molecule has 6 nitrogen and oxygen atoms in total. The fraction of sp³-hybridized carbons (Fsp3) is 0.905. The highest BCUT2D eigenvalue weighted by atomic mass is 127.